The first-order chi connectivity index (χ1) is 12.1. The molecule has 1 fully saturated rings. The van der Waals surface area contributed by atoms with E-state index in [9.17, 15) is 9.18 Å². The van der Waals surface area contributed by atoms with Crippen molar-refractivity contribution in [2.75, 3.05) is 19.5 Å². The van der Waals surface area contributed by atoms with Crippen LogP contribution < -0.4 is 9.47 Å². The molecule has 1 aliphatic rings. The molecule has 0 aliphatic carbocycles. The minimum Gasteiger partial charge on any atom is -0.493 e. The van der Waals surface area contributed by atoms with Gasteiger partial charge in [-0.15, -0.1) is 11.8 Å². The van der Waals surface area contributed by atoms with Gasteiger partial charge in [0, 0.05) is 6.54 Å². The number of rotatable bonds is 6. The van der Waals surface area contributed by atoms with Crippen molar-refractivity contribution in [2.45, 2.75) is 18.8 Å². The third-order valence-corrected chi connectivity index (χ3v) is 5.26. The Bertz CT molecular complexity index is 751. The summed E-state index contributed by atoms with van der Waals surface area (Å²) < 4.78 is 24.1. The maximum Gasteiger partial charge on any atom is 0.234 e. The molecule has 1 atom stereocenters. The van der Waals surface area contributed by atoms with E-state index in [1.807, 2.05) is 30.0 Å². The first-order valence-electron chi connectivity index (χ1n) is 8.08. The summed E-state index contributed by atoms with van der Waals surface area (Å²) in [6.07, 6.45) is 0. The van der Waals surface area contributed by atoms with Crippen molar-refractivity contribution in [2.24, 2.45) is 0 Å². The number of nitrogens with zero attached hydrogens (tertiary/aromatic N) is 1. The summed E-state index contributed by atoms with van der Waals surface area (Å²) in [6.45, 7) is 2.91. The fraction of sp³-hybridized carbons (Fsp3) is 0.316. The van der Waals surface area contributed by atoms with Crippen LogP contribution in [0.5, 0.6) is 11.5 Å². The number of hydrogen-bond donors (Lipinski definition) is 0. The van der Waals surface area contributed by atoms with Crippen molar-refractivity contribution in [3.05, 3.63) is 59.4 Å². The van der Waals surface area contributed by atoms with Crippen LogP contribution in [0.2, 0.25) is 0 Å². The van der Waals surface area contributed by atoms with E-state index in [-0.39, 0.29) is 17.1 Å². The first kappa shape index (κ1) is 17.6. The second-order valence-electron chi connectivity index (χ2n) is 5.65. The van der Waals surface area contributed by atoms with Crippen molar-refractivity contribution in [3.8, 4) is 11.5 Å². The predicted molar refractivity (Wildman–Crippen MR) is 96.3 cm³/mol. The number of ether oxygens (including phenoxy) is 2. The van der Waals surface area contributed by atoms with Crippen LogP contribution in [0.25, 0.3) is 0 Å². The molecule has 6 heteroatoms. The minimum absolute atomic E-state index is 0.0769. The molecule has 3 rings (SSSR count). The van der Waals surface area contributed by atoms with Gasteiger partial charge in [0.1, 0.15) is 11.2 Å². The topological polar surface area (TPSA) is 38.8 Å². The number of amides is 1. The van der Waals surface area contributed by atoms with Crippen LogP contribution in [0.1, 0.15) is 23.4 Å². The summed E-state index contributed by atoms with van der Waals surface area (Å²) in [5, 5.41) is -0.0948. The molecule has 0 N–H and O–H groups in total. The van der Waals surface area contributed by atoms with Gasteiger partial charge in [0.05, 0.1) is 19.5 Å². The molecule has 1 amide bonds. The Morgan fingerprint density at radius 2 is 1.96 bits per heavy atom. The largest absolute Gasteiger partial charge is 0.493 e. The number of thioether (sulfide) groups is 1. The lowest BCUT2D eigenvalue weighted by molar-refractivity contribution is -0.128. The van der Waals surface area contributed by atoms with E-state index >= 15 is 0 Å². The van der Waals surface area contributed by atoms with Gasteiger partial charge in [-0.1, -0.05) is 18.2 Å². The summed E-state index contributed by atoms with van der Waals surface area (Å²) in [5.41, 5.74) is 1.89. The molecule has 1 unspecified atom stereocenters. The molecule has 25 heavy (non-hydrogen) atoms. The molecule has 0 saturated carbocycles. The maximum absolute atomic E-state index is 13.1. The summed E-state index contributed by atoms with van der Waals surface area (Å²) in [6, 6.07) is 12.0. The molecule has 132 valence electrons. The van der Waals surface area contributed by atoms with Gasteiger partial charge in [0.25, 0.3) is 0 Å². The Labute approximate surface area is 150 Å². The molecule has 1 heterocycles. The molecule has 0 aromatic heterocycles. The minimum atomic E-state index is -0.279. The average molecular weight is 361 g/mol. The lowest BCUT2D eigenvalue weighted by Gasteiger charge is -2.25. The average Bonchev–Trinajstić information content (AvgIpc) is 2.98. The Morgan fingerprint density at radius 1 is 1.20 bits per heavy atom. The molecule has 1 saturated heterocycles. The quantitative estimate of drug-likeness (QED) is 0.779. The zero-order valence-corrected chi connectivity index (χ0v) is 15.0. The Hall–Kier alpha value is -2.21. The Balaban J connectivity index is 1.85. The molecule has 0 spiro atoms. The fourth-order valence-electron chi connectivity index (χ4n) is 2.80. The van der Waals surface area contributed by atoms with Crippen LogP contribution in [0.15, 0.2) is 42.5 Å². The molecule has 1 aliphatic heterocycles. The van der Waals surface area contributed by atoms with Gasteiger partial charge in [0.15, 0.2) is 11.5 Å². The van der Waals surface area contributed by atoms with Gasteiger partial charge in [0.2, 0.25) is 5.91 Å². The Morgan fingerprint density at radius 3 is 2.64 bits per heavy atom. The van der Waals surface area contributed by atoms with Crippen molar-refractivity contribution in [1.82, 2.24) is 4.90 Å². The second-order valence-corrected chi connectivity index (χ2v) is 6.72. The molecule has 4 nitrogen and oxygen atoms in total. The van der Waals surface area contributed by atoms with Crippen LogP contribution in [0, 0.1) is 5.82 Å². The predicted octanol–water partition coefficient (Wildman–Crippen LogP) is 4.01. The van der Waals surface area contributed by atoms with Crippen LogP contribution in [0.3, 0.4) is 0 Å². The molecule has 2 aromatic rings. The Kier molecular flexibility index (Phi) is 5.48. The number of benzene rings is 2. The summed E-state index contributed by atoms with van der Waals surface area (Å²) in [7, 11) is 1.60. The summed E-state index contributed by atoms with van der Waals surface area (Å²) in [4.78, 5) is 14.2. The van der Waals surface area contributed by atoms with Gasteiger partial charge in [-0.3, -0.25) is 4.79 Å². The van der Waals surface area contributed by atoms with Crippen molar-refractivity contribution >= 4 is 17.7 Å². The standard InChI is InChI=1S/C19H20FNO3S/c1-3-24-17-10-14(6-9-16(17)23-2)19-21(18(22)12-25-19)11-13-4-7-15(20)8-5-13/h4-10,19H,3,11-12H2,1-2H3. The molecule has 0 radical (unpaired) electrons. The molecular formula is C19H20FNO3S. The van der Waals surface area contributed by atoms with Gasteiger partial charge in [-0.25, -0.2) is 4.39 Å². The van der Waals surface area contributed by atoms with E-state index in [1.165, 1.54) is 12.1 Å². The van der Waals surface area contributed by atoms with Gasteiger partial charge in [-0.05, 0) is 42.3 Å². The monoisotopic (exact) mass is 361 g/mol. The number of methoxy groups -OCH3 is 1. The van der Waals surface area contributed by atoms with Gasteiger partial charge < -0.3 is 14.4 Å². The first-order valence-corrected chi connectivity index (χ1v) is 9.13. The zero-order valence-electron chi connectivity index (χ0n) is 14.2. The number of carbonyl (C=O) groups is 1. The zero-order chi connectivity index (χ0) is 17.8. The lowest BCUT2D eigenvalue weighted by atomic mass is 10.1. The second kappa shape index (κ2) is 7.78. The van der Waals surface area contributed by atoms with Crippen molar-refractivity contribution < 1.29 is 18.7 Å². The fourth-order valence-corrected chi connectivity index (χ4v) is 3.98. The third-order valence-electron chi connectivity index (χ3n) is 4.01. The van der Waals surface area contributed by atoms with Crippen molar-refractivity contribution in [3.63, 3.8) is 0 Å². The van der Waals surface area contributed by atoms with Crippen LogP contribution in [-0.2, 0) is 11.3 Å². The SMILES string of the molecule is CCOc1cc(C2SCC(=O)N2Cc2ccc(F)cc2)ccc1OC. The van der Waals surface area contributed by atoms with Crippen molar-refractivity contribution in [1.29, 1.82) is 0 Å². The number of carbonyl (C=O) groups excluding carboxylic acids is 1. The van der Waals surface area contributed by atoms with E-state index in [0.717, 1.165) is 11.1 Å². The van der Waals surface area contributed by atoms with E-state index in [1.54, 1.807) is 31.0 Å². The van der Waals surface area contributed by atoms with E-state index in [4.69, 9.17) is 9.47 Å². The van der Waals surface area contributed by atoms with Crippen LogP contribution in [0.4, 0.5) is 4.39 Å². The highest BCUT2D eigenvalue weighted by Gasteiger charge is 2.33. The third kappa shape index (κ3) is 3.90. The molecule has 0 bridgehead atoms. The normalized spacial score (nSPS) is 17.0. The van der Waals surface area contributed by atoms with E-state index in [2.05, 4.69) is 0 Å². The molecule has 2 aromatic carbocycles. The van der Waals surface area contributed by atoms with Crippen LogP contribution in [-0.4, -0.2) is 30.3 Å². The van der Waals surface area contributed by atoms with E-state index < -0.39 is 0 Å². The lowest BCUT2D eigenvalue weighted by Crippen LogP contribution is -2.27. The highest BCUT2D eigenvalue weighted by Crippen LogP contribution is 2.42. The summed E-state index contributed by atoms with van der Waals surface area (Å²) in [5.74, 6) is 1.57. The van der Waals surface area contributed by atoms with Gasteiger partial charge in [-0.2, -0.15) is 0 Å². The van der Waals surface area contributed by atoms with Crippen LogP contribution >= 0.6 is 11.8 Å². The highest BCUT2D eigenvalue weighted by atomic mass is 32.2. The highest BCUT2D eigenvalue weighted by molar-refractivity contribution is 8.00. The smallest absolute Gasteiger partial charge is 0.234 e. The number of halogens is 1. The van der Waals surface area contributed by atoms with Gasteiger partial charge >= 0.3 is 0 Å². The van der Waals surface area contributed by atoms with E-state index in [0.29, 0.717) is 30.4 Å². The molecular weight excluding hydrogens is 341 g/mol. The number of hydrogen-bond acceptors (Lipinski definition) is 4. The summed E-state index contributed by atoms with van der Waals surface area (Å²) >= 11 is 1.58. The maximum atomic E-state index is 13.1.